The van der Waals surface area contributed by atoms with Crippen LogP contribution in [0.3, 0.4) is 0 Å². The lowest BCUT2D eigenvalue weighted by molar-refractivity contribution is -0.159. The maximum Gasteiger partial charge on any atom is 0.409 e. The Bertz CT molecular complexity index is 572. The van der Waals surface area contributed by atoms with E-state index in [4.69, 9.17) is 42.1 Å². The van der Waals surface area contributed by atoms with Gasteiger partial charge in [0.05, 0.1) is 0 Å². The first-order chi connectivity index (χ1) is 14.3. The van der Waals surface area contributed by atoms with E-state index >= 15 is 0 Å². The van der Waals surface area contributed by atoms with Gasteiger partial charge in [0.2, 0.25) is 0 Å². The summed E-state index contributed by atoms with van der Waals surface area (Å²) < 4.78 is 20.4. The first kappa shape index (κ1) is 27.5. The van der Waals surface area contributed by atoms with Crippen molar-refractivity contribution in [2.24, 2.45) is 5.41 Å². The largest absolute Gasteiger partial charge is 0.462 e. The molecule has 0 aliphatic carbocycles. The van der Waals surface area contributed by atoms with Gasteiger partial charge in [0, 0.05) is 43.1 Å². The van der Waals surface area contributed by atoms with E-state index in [1.807, 2.05) is 0 Å². The van der Waals surface area contributed by atoms with E-state index in [2.05, 4.69) is 19.7 Å². The molecule has 0 unspecified atom stereocenters. The summed E-state index contributed by atoms with van der Waals surface area (Å²) in [6.45, 7) is 8.56. The van der Waals surface area contributed by atoms with Gasteiger partial charge in [-0.05, 0) is 0 Å². The zero-order valence-electron chi connectivity index (χ0n) is 16.5. The Balaban J connectivity index is 5.56. The molecule has 0 aliphatic rings. The normalized spacial score (nSPS) is 10.3. The molecule has 0 radical (unpaired) electrons. The van der Waals surface area contributed by atoms with Crippen LogP contribution in [0.2, 0.25) is 0 Å². The molecule has 0 spiro atoms. The molecular formula is C19H25Cl2NO8. The van der Waals surface area contributed by atoms with Crippen LogP contribution in [0.1, 0.15) is 0 Å². The molecule has 9 nitrogen and oxygen atoms in total. The van der Waals surface area contributed by atoms with Gasteiger partial charge < -0.3 is 23.8 Å². The summed E-state index contributed by atoms with van der Waals surface area (Å²) in [6.07, 6.45) is 2.02. The molecule has 0 saturated carbocycles. The van der Waals surface area contributed by atoms with Gasteiger partial charge in [-0.3, -0.25) is 0 Å². The van der Waals surface area contributed by atoms with Gasteiger partial charge in [-0.15, -0.1) is 23.2 Å². The maximum atomic E-state index is 12.4. The molecular weight excluding hydrogens is 441 g/mol. The van der Waals surface area contributed by atoms with Crippen molar-refractivity contribution in [3.63, 3.8) is 0 Å². The van der Waals surface area contributed by atoms with Crippen molar-refractivity contribution in [3.8, 4) is 0 Å². The SMILES string of the molecule is C=CC(=O)OCC(COC(=O)C=C)(COC(=O)C=C)COC(=O)N(CCCl)CCCl. The van der Waals surface area contributed by atoms with E-state index in [0.717, 1.165) is 18.2 Å². The Morgan fingerprint density at radius 1 is 0.700 bits per heavy atom. The van der Waals surface area contributed by atoms with Gasteiger partial charge in [0.25, 0.3) is 0 Å². The fourth-order valence-corrected chi connectivity index (χ4v) is 2.31. The minimum absolute atomic E-state index is 0.155. The summed E-state index contributed by atoms with van der Waals surface area (Å²) >= 11 is 11.3. The number of carbonyl (C=O) groups is 4. The fraction of sp³-hybridized carbons (Fsp3) is 0.474. The topological polar surface area (TPSA) is 108 Å². The average molecular weight is 466 g/mol. The second-order valence-electron chi connectivity index (χ2n) is 5.86. The van der Waals surface area contributed by atoms with Crippen LogP contribution < -0.4 is 0 Å². The third-order valence-corrected chi connectivity index (χ3v) is 3.87. The molecule has 0 saturated heterocycles. The number of ether oxygens (including phenoxy) is 4. The van der Waals surface area contributed by atoms with Gasteiger partial charge in [-0.1, -0.05) is 19.7 Å². The summed E-state index contributed by atoms with van der Waals surface area (Å²) in [5.74, 6) is -2.02. The number of amides is 1. The van der Waals surface area contributed by atoms with E-state index in [0.29, 0.717) is 0 Å². The zero-order chi connectivity index (χ0) is 23.0. The number of carbonyl (C=O) groups excluding carboxylic acids is 4. The molecule has 0 atom stereocenters. The Labute approximate surface area is 185 Å². The second kappa shape index (κ2) is 15.3. The standard InChI is InChI=1S/C19H25Cl2NO8/c1-4-15(23)27-11-19(12-28-16(24)5-2,13-29-17(25)6-3)14-30-18(26)22(9-7-20)10-8-21/h4-6H,1-3,7-14H2. The number of rotatable bonds is 15. The minimum atomic E-state index is -1.40. The van der Waals surface area contributed by atoms with Crippen LogP contribution in [-0.4, -0.2) is 80.2 Å². The van der Waals surface area contributed by atoms with Crippen LogP contribution in [0.15, 0.2) is 38.0 Å². The predicted octanol–water partition coefficient (Wildman–Crippen LogP) is 2.08. The van der Waals surface area contributed by atoms with E-state index in [1.54, 1.807) is 0 Å². The molecule has 0 N–H and O–H groups in total. The molecule has 0 aliphatic heterocycles. The summed E-state index contributed by atoms with van der Waals surface area (Å²) in [4.78, 5) is 48.2. The molecule has 0 aromatic carbocycles. The van der Waals surface area contributed by atoms with E-state index in [1.165, 1.54) is 4.90 Å². The smallest absolute Gasteiger partial charge is 0.409 e. The number of hydrogen-bond acceptors (Lipinski definition) is 8. The Hall–Kier alpha value is -2.52. The average Bonchev–Trinajstić information content (AvgIpc) is 2.76. The molecule has 0 fully saturated rings. The Morgan fingerprint density at radius 3 is 1.33 bits per heavy atom. The predicted molar refractivity (Wildman–Crippen MR) is 110 cm³/mol. The van der Waals surface area contributed by atoms with E-state index in [9.17, 15) is 19.2 Å². The summed E-state index contributed by atoms with van der Waals surface area (Å²) in [6, 6.07) is 0. The first-order valence-electron chi connectivity index (χ1n) is 8.68. The van der Waals surface area contributed by atoms with Gasteiger partial charge >= 0.3 is 24.0 Å². The molecule has 168 valence electrons. The van der Waals surface area contributed by atoms with Crippen molar-refractivity contribution in [3.05, 3.63) is 38.0 Å². The monoisotopic (exact) mass is 465 g/mol. The van der Waals surface area contributed by atoms with Crippen LogP contribution in [0.5, 0.6) is 0 Å². The van der Waals surface area contributed by atoms with Gasteiger partial charge in [-0.25, -0.2) is 19.2 Å². The van der Waals surface area contributed by atoms with Crippen LogP contribution in [0, 0.1) is 5.41 Å². The highest BCUT2D eigenvalue weighted by molar-refractivity contribution is 6.18. The highest BCUT2D eigenvalue weighted by Gasteiger charge is 2.38. The molecule has 11 heteroatoms. The third-order valence-electron chi connectivity index (χ3n) is 3.53. The van der Waals surface area contributed by atoms with Crippen LogP contribution in [0.4, 0.5) is 4.79 Å². The lowest BCUT2D eigenvalue weighted by Gasteiger charge is -2.32. The molecule has 0 rings (SSSR count). The molecule has 1 amide bonds. The van der Waals surface area contributed by atoms with Crippen molar-refractivity contribution in [2.75, 3.05) is 51.3 Å². The number of hydrogen-bond donors (Lipinski definition) is 0. The molecule has 0 bridgehead atoms. The van der Waals surface area contributed by atoms with Crippen molar-refractivity contribution < 1.29 is 38.1 Å². The minimum Gasteiger partial charge on any atom is -0.462 e. The van der Waals surface area contributed by atoms with Gasteiger partial charge in [0.15, 0.2) is 0 Å². The number of esters is 3. The highest BCUT2D eigenvalue weighted by Crippen LogP contribution is 2.22. The maximum absolute atomic E-state index is 12.4. The summed E-state index contributed by atoms with van der Waals surface area (Å²) in [5.41, 5.74) is -1.40. The fourth-order valence-electron chi connectivity index (χ4n) is 1.90. The lowest BCUT2D eigenvalue weighted by atomic mass is 9.92. The first-order valence-corrected chi connectivity index (χ1v) is 9.75. The van der Waals surface area contributed by atoms with Crippen LogP contribution in [-0.2, 0) is 33.3 Å². The highest BCUT2D eigenvalue weighted by atomic mass is 35.5. The number of alkyl halides is 2. The lowest BCUT2D eigenvalue weighted by Crippen LogP contribution is -2.45. The second-order valence-corrected chi connectivity index (χ2v) is 6.61. The van der Waals surface area contributed by atoms with Crippen LogP contribution in [0.25, 0.3) is 0 Å². The van der Waals surface area contributed by atoms with Gasteiger partial charge in [0.1, 0.15) is 31.8 Å². The number of halogens is 2. The molecule has 30 heavy (non-hydrogen) atoms. The Kier molecular flexibility index (Phi) is 14.0. The molecule has 0 aromatic rings. The Morgan fingerprint density at radius 2 is 1.03 bits per heavy atom. The van der Waals surface area contributed by atoms with Gasteiger partial charge in [-0.2, -0.15) is 0 Å². The third kappa shape index (κ3) is 10.9. The van der Waals surface area contributed by atoms with Crippen molar-refractivity contribution in [1.29, 1.82) is 0 Å². The quantitative estimate of drug-likeness (QED) is 0.156. The van der Waals surface area contributed by atoms with Crippen molar-refractivity contribution in [2.45, 2.75) is 0 Å². The van der Waals surface area contributed by atoms with Crippen molar-refractivity contribution in [1.82, 2.24) is 4.90 Å². The summed E-state index contributed by atoms with van der Waals surface area (Å²) in [7, 11) is 0. The summed E-state index contributed by atoms with van der Waals surface area (Å²) in [5, 5.41) is 0. The molecule has 0 aromatic heterocycles. The van der Waals surface area contributed by atoms with Crippen LogP contribution >= 0.6 is 23.2 Å². The zero-order valence-corrected chi connectivity index (χ0v) is 18.0. The van der Waals surface area contributed by atoms with E-state index in [-0.39, 0.29) is 24.8 Å². The van der Waals surface area contributed by atoms with E-state index < -0.39 is 55.8 Å². The van der Waals surface area contributed by atoms with Crippen molar-refractivity contribution >= 4 is 47.2 Å². The molecule has 0 heterocycles. The number of nitrogens with zero attached hydrogens (tertiary/aromatic N) is 1.